The average molecular weight is 637 g/mol. The molecule has 2 saturated heterocycles. The molecule has 4 aromatic rings. The van der Waals surface area contributed by atoms with Crippen LogP contribution in [0.5, 0.6) is 0 Å². The molecule has 0 bridgehead atoms. The number of aromatic nitrogens is 3. The summed E-state index contributed by atoms with van der Waals surface area (Å²) in [5.41, 5.74) is 13.8. The van der Waals surface area contributed by atoms with Crippen molar-refractivity contribution in [3.05, 3.63) is 59.3 Å². The molecule has 5 heterocycles. The van der Waals surface area contributed by atoms with Crippen molar-refractivity contribution >= 4 is 28.2 Å². The van der Waals surface area contributed by atoms with Crippen molar-refractivity contribution in [3.8, 4) is 11.4 Å². The summed E-state index contributed by atoms with van der Waals surface area (Å²) in [7, 11) is 0. The number of aliphatic hydroxyl groups excluding tert-OH is 1. The fraction of sp³-hybridized carbons (Fsp3) is 0.553. The molecule has 4 aliphatic rings. The Hall–Kier alpha value is -3.69. The minimum Gasteiger partial charge on any atom is -0.393 e. The first kappa shape index (κ1) is 30.6. The van der Waals surface area contributed by atoms with Crippen LogP contribution in [-0.4, -0.2) is 79.2 Å². The summed E-state index contributed by atoms with van der Waals surface area (Å²) in [6.45, 7) is 6.06. The lowest BCUT2D eigenvalue weighted by Gasteiger charge is -2.36. The third-order valence-corrected chi connectivity index (χ3v) is 11.5. The number of rotatable bonds is 6. The number of aryl methyl sites for hydroxylation is 1. The van der Waals surface area contributed by atoms with Gasteiger partial charge in [-0.3, -0.25) is 9.59 Å². The number of pyridine rings is 1. The lowest BCUT2D eigenvalue weighted by Crippen LogP contribution is -2.45. The van der Waals surface area contributed by atoms with Crippen LogP contribution in [0.1, 0.15) is 91.6 Å². The van der Waals surface area contributed by atoms with Crippen LogP contribution in [0, 0.1) is 18.8 Å². The standard InChI is InChI=1S/C38H48N6O3/c1-24-33-14-11-29(38(47)42-17-3-5-30(39)23-42)22-44(33)40-35(24)34-20-28-4-2-6-32(36(28)43(34)21-25-7-8-25)26-15-18-41(19-16-26)37(46)27-9-12-31(45)13-10-27/h2,4,6,11,14,20,22,25-27,30-31,45H,3,5,7-10,12-13,15-19,21,23,39H2,1H3/t27-,30-,31+/m1/s1. The second-order valence-electron chi connectivity index (χ2n) is 14.8. The molecule has 2 aliphatic heterocycles. The van der Waals surface area contributed by atoms with Crippen LogP contribution in [-0.2, 0) is 11.3 Å². The predicted molar refractivity (Wildman–Crippen MR) is 183 cm³/mol. The van der Waals surface area contributed by atoms with E-state index in [1.54, 1.807) is 0 Å². The van der Waals surface area contributed by atoms with E-state index in [9.17, 15) is 14.7 Å². The van der Waals surface area contributed by atoms with Crippen molar-refractivity contribution in [2.75, 3.05) is 26.2 Å². The summed E-state index contributed by atoms with van der Waals surface area (Å²) in [6, 6.07) is 13.0. The largest absolute Gasteiger partial charge is 0.393 e. The molecule has 3 N–H and O–H groups in total. The molecule has 4 fully saturated rings. The maximum atomic E-state index is 13.4. The summed E-state index contributed by atoms with van der Waals surface area (Å²) in [4.78, 5) is 30.7. The number of nitrogens with two attached hydrogens (primary N) is 1. The number of likely N-dealkylation sites (tertiary alicyclic amines) is 2. The maximum absolute atomic E-state index is 13.4. The van der Waals surface area contributed by atoms with Gasteiger partial charge in [-0.2, -0.15) is 5.10 Å². The number of para-hydroxylation sites is 1. The number of amides is 2. The van der Waals surface area contributed by atoms with Crippen LogP contribution in [0.4, 0.5) is 0 Å². The monoisotopic (exact) mass is 636 g/mol. The van der Waals surface area contributed by atoms with Crippen molar-refractivity contribution in [1.29, 1.82) is 0 Å². The van der Waals surface area contributed by atoms with Gasteiger partial charge in [-0.15, -0.1) is 0 Å². The van der Waals surface area contributed by atoms with Gasteiger partial charge in [0.1, 0.15) is 5.69 Å². The molecule has 0 radical (unpaired) electrons. The number of hydrogen-bond donors (Lipinski definition) is 2. The van der Waals surface area contributed by atoms with E-state index in [-0.39, 0.29) is 24.0 Å². The van der Waals surface area contributed by atoms with Crippen molar-refractivity contribution in [3.63, 3.8) is 0 Å². The van der Waals surface area contributed by atoms with Crippen LogP contribution >= 0.6 is 0 Å². The number of benzene rings is 1. The van der Waals surface area contributed by atoms with E-state index < -0.39 is 0 Å². The molecule has 0 unspecified atom stereocenters. The third kappa shape index (κ3) is 5.86. The average Bonchev–Trinajstić information content (AvgIpc) is 3.76. The first-order chi connectivity index (χ1) is 22.8. The van der Waals surface area contributed by atoms with E-state index in [1.807, 2.05) is 27.7 Å². The van der Waals surface area contributed by atoms with Gasteiger partial charge in [-0.25, -0.2) is 4.52 Å². The lowest BCUT2D eigenvalue weighted by molar-refractivity contribution is -0.138. The Labute approximate surface area is 276 Å². The summed E-state index contributed by atoms with van der Waals surface area (Å²) in [6.07, 6.45) is 11.1. The number of aliphatic hydroxyl groups is 1. The number of fused-ring (bicyclic) bond motifs is 2. The summed E-state index contributed by atoms with van der Waals surface area (Å²) in [5, 5.41) is 16.3. The Bertz CT molecular complexity index is 1800. The van der Waals surface area contributed by atoms with Crippen molar-refractivity contribution < 1.29 is 14.7 Å². The number of nitrogens with zero attached hydrogens (tertiary/aromatic N) is 5. The van der Waals surface area contributed by atoms with Gasteiger partial charge in [0.05, 0.1) is 28.4 Å². The molecule has 3 aromatic heterocycles. The van der Waals surface area contributed by atoms with Crippen LogP contribution in [0.25, 0.3) is 27.8 Å². The molecule has 2 saturated carbocycles. The molecule has 9 heteroatoms. The molecule has 248 valence electrons. The van der Waals surface area contributed by atoms with E-state index >= 15 is 0 Å². The van der Waals surface area contributed by atoms with Crippen LogP contribution < -0.4 is 5.73 Å². The van der Waals surface area contributed by atoms with Crippen LogP contribution in [0.2, 0.25) is 0 Å². The molecule has 9 nitrogen and oxygen atoms in total. The SMILES string of the molecule is Cc1c(-c2cc3cccc(C4CCN(C(=O)[C@H]5CC[C@@H](O)CC5)CC4)c3n2CC2CC2)nn2cc(C(=O)N3CCC[C@@H](N)C3)ccc12. The van der Waals surface area contributed by atoms with Gasteiger partial charge < -0.3 is 25.2 Å². The van der Waals surface area contributed by atoms with Gasteiger partial charge in [0.25, 0.3) is 5.91 Å². The minimum absolute atomic E-state index is 0.0227. The predicted octanol–water partition coefficient (Wildman–Crippen LogP) is 5.49. The Kier molecular flexibility index (Phi) is 8.08. The summed E-state index contributed by atoms with van der Waals surface area (Å²) in [5.74, 6) is 1.47. The summed E-state index contributed by atoms with van der Waals surface area (Å²) < 4.78 is 4.42. The smallest absolute Gasteiger partial charge is 0.255 e. The molecule has 0 spiro atoms. The van der Waals surface area contributed by atoms with Gasteiger partial charge in [0, 0.05) is 61.8 Å². The highest BCUT2D eigenvalue weighted by molar-refractivity contribution is 5.95. The summed E-state index contributed by atoms with van der Waals surface area (Å²) >= 11 is 0. The van der Waals surface area contributed by atoms with E-state index in [0.29, 0.717) is 29.9 Å². The molecule has 1 atom stereocenters. The van der Waals surface area contributed by atoms with E-state index in [0.717, 1.165) is 100 Å². The number of piperidine rings is 2. The molecular formula is C38H48N6O3. The van der Waals surface area contributed by atoms with E-state index in [1.165, 1.54) is 29.3 Å². The Morgan fingerprint density at radius 3 is 2.47 bits per heavy atom. The van der Waals surface area contributed by atoms with Crippen LogP contribution in [0.3, 0.4) is 0 Å². The van der Waals surface area contributed by atoms with E-state index in [2.05, 4.69) is 40.7 Å². The molecule has 1 aromatic carbocycles. The highest BCUT2D eigenvalue weighted by Crippen LogP contribution is 2.41. The van der Waals surface area contributed by atoms with Gasteiger partial charge in [-0.05, 0) is 107 Å². The normalized spacial score (nSPS) is 24.4. The number of carbonyl (C=O) groups is 2. The molecule has 8 rings (SSSR count). The van der Waals surface area contributed by atoms with Crippen LogP contribution in [0.15, 0.2) is 42.6 Å². The quantitative estimate of drug-likeness (QED) is 0.291. The van der Waals surface area contributed by atoms with E-state index in [4.69, 9.17) is 10.8 Å². The zero-order valence-corrected chi connectivity index (χ0v) is 27.6. The maximum Gasteiger partial charge on any atom is 0.255 e. The highest BCUT2D eigenvalue weighted by atomic mass is 16.3. The first-order valence-electron chi connectivity index (χ1n) is 18.0. The zero-order valence-electron chi connectivity index (χ0n) is 27.6. The third-order valence-electron chi connectivity index (χ3n) is 11.5. The van der Waals surface area contributed by atoms with Gasteiger partial charge >= 0.3 is 0 Å². The van der Waals surface area contributed by atoms with Crippen molar-refractivity contribution in [2.45, 2.75) is 95.7 Å². The first-order valence-corrected chi connectivity index (χ1v) is 18.0. The highest BCUT2D eigenvalue weighted by Gasteiger charge is 2.33. The van der Waals surface area contributed by atoms with Crippen molar-refractivity contribution in [2.24, 2.45) is 17.6 Å². The number of hydrogen-bond acceptors (Lipinski definition) is 5. The minimum atomic E-state index is -0.238. The molecule has 2 aliphatic carbocycles. The second kappa shape index (κ2) is 12.4. The fourth-order valence-corrected chi connectivity index (χ4v) is 8.54. The Morgan fingerprint density at radius 1 is 0.936 bits per heavy atom. The Balaban J connectivity index is 1.09. The van der Waals surface area contributed by atoms with Gasteiger partial charge in [0.2, 0.25) is 5.91 Å². The fourth-order valence-electron chi connectivity index (χ4n) is 8.54. The molecule has 47 heavy (non-hydrogen) atoms. The van der Waals surface area contributed by atoms with Gasteiger partial charge in [-0.1, -0.05) is 18.2 Å². The van der Waals surface area contributed by atoms with Gasteiger partial charge in [0.15, 0.2) is 0 Å². The molecular weight excluding hydrogens is 588 g/mol. The molecule has 2 amide bonds. The zero-order chi connectivity index (χ0) is 32.2. The second-order valence-corrected chi connectivity index (χ2v) is 14.8. The lowest BCUT2D eigenvalue weighted by atomic mass is 9.84. The topological polar surface area (TPSA) is 109 Å². The van der Waals surface area contributed by atoms with Crippen molar-refractivity contribution in [1.82, 2.24) is 24.0 Å². The number of carbonyl (C=O) groups excluding carboxylic acids is 2. The Morgan fingerprint density at radius 2 is 1.72 bits per heavy atom.